The smallest absolute Gasteiger partial charge is 0.451 e. The number of halogens is 4. The van der Waals surface area contributed by atoms with Crippen LogP contribution in [0.25, 0.3) is 10.9 Å². The van der Waals surface area contributed by atoms with Gasteiger partial charge in [-0.3, -0.25) is 0 Å². The molecule has 1 aromatic heterocycles. The standard InChI is InChI=1S/C16H11F4N3O/c1-24-10-5-2-4-9(8-10)21-14-11-6-3-7-12(17)13(11)22-15(23-14)16(18,19)20/h2-8H,1H3,(H,21,22,23). The molecule has 0 unspecified atom stereocenters. The summed E-state index contributed by atoms with van der Waals surface area (Å²) in [6.07, 6.45) is -4.79. The maximum Gasteiger partial charge on any atom is 0.451 e. The van der Waals surface area contributed by atoms with Gasteiger partial charge in [-0.2, -0.15) is 13.2 Å². The van der Waals surface area contributed by atoms with Gasteiger partial charge in [0.1, 0.15) is 22.9 Å². The molecule has 2 aromatic carbocycles. The number of methoxy groups -OCH3 is 1. The topological polar surface area (TPSA) is 47.0 Å². The Morgan fingerprint density at radius 3 is 2.50 bits per heavy atom. The van der Waals surface area contributed by atoms with Crippen molar-refractivity contribution < 1.29 is 22.3 Å². The van der Waals surface area contributed by atoms with Gasteiger partial charge in [0.05, 0.1) is 7.11 Å². The van der Waals surface area contributed by atoms with E-state index in [2.05, 4.69) is 15.3 Å². The molecule has 0 atom stereocenters. The second-order valence-electron chi connectivity index (χ2n) is 4.89. The fourth-order valence-corrected chi connectivity index (χ4v) is 2.18. The molecule has 3 rings (SSSR count). The largest absolute Gasteiger partial charge is 0.497 e. The van der Waals surface area contributed by atoms with Gasteiger partial charge in [0.15, 0.2) is 0 Å². The average molecular weight is 337 g/mol. The van der Waals surface area contributed by atoms with Gasteiger partial charge >= 0.3 is 6.18 Å². The Kier molecular flexibility index (Phi) is 3.96. The lowest BCUT2D eigenvalue weighted by molar-refractivity contribution is -0.144. The third-order valence-electron chi connectivity index (χ3n) is 3.26. The Morgan fingerprint density at radius 1 is 1.04 bits per heavy atom. The number of ether oxygens (including phenoxy) is 1. The van der Waals surface area contributed by atoms with Gasteiger partial charge in [0.2, 0.25) is 5.82 Å². The summed E-state index contributed by atoms with van der Waals surface area (Å²) >= 11 is 0. The van der Waals surface area contributed by atoms with Gasteiger partial charge in [-0.25, -0.2) is 14.4 Å². The average Bonchev–Trinajstić information content (AvgIpc) is 2.55. The number of hydrogen-bond donors (Lipinski definition) is 1. The van der Waals surface area contributed by atoms with Crippen LogP contribution in [-0.2, 0) is 6.18 Å². The maximum atomic E-state index is 13.9. The molecule has 0 aliphatic heterocycles. The number of nitrogens with one attached hydrogen (secondary N) is 1. The quantitative estimate of drug-likeness (QED) is 0.713. The molecule has 24 heavy (non-hydrogen) atoms. The number of rotatable bonds is 3. The Balaban J connectivity index is 2.16. The lowest BCUT2D eigenvalue weighted by atomic mass is 10.2. The van der Waals surface area contributed by atoms with Gasteiger partial charge in [-0.05, 0) is 24.3 Å². The number of alkyl halides is 3. The minimum Gasteiger partial charge on any atom is -0.497 e. The van der Waals surface area contributed by atoms with E-state index in [-0.39, 0.29) is 11.2 Å². The summed E-state index contributed by atoms with van der Waals surface area (Å²) < 4.78 is 57.9. The number of fused-ring (bicyclic) bond motifs is 1. The van der Waals surface area contributed by atoms with Gasteiger partial charge in [0, 0.05) is 17.1 Å². The highest BCUT2D eigenvalue weighted by Gasteiger charge is 2.36. The predicted octanol–water partition coefficient (Wildman–Crippen LogP) is 4.54. The molecule has 4 nitrogen and oxygen atoms in total. The third kappa shape index (κ3) is 3.08. The van der Waals surface area contributed by atoms with E-state index in [0.29, 0.717) is 11.4 Å². The monoisotopic (exact) mass is 337 g/mol. The number of nitrogens with zero attached hydrogens (tertiary/aromatic N) is 2. The van der Waals surface area contributed by atoms with Gasteiger partial charge in [-0.1, -0.05) is 12.1 Å². The van der Waals surface area contributed by atoms with E-state index in [0.717, 1.165) is 6.07 Å². The summed E-state index contributed by atoms with van der Waals surface area (Å²) in [6.45, 7) is 0. The second-order valence-corrected chi connectivity index (χ2v) is 4.89. The third-order valence-corrected chi connectivity index (χ3v) is 3.26. The first kappa shape index (κ1) is 16.0. The van der Waals surface area contributed by atoms with Gasteiger partial charge < -0.3 is 10.1 Å². The van der Waals surface area contributed by atoms with Crippen LogP contribution < -0.4 is 10.1 Å². The van der Waals surface area contributed by atoms with Crippen molar-refractivity contribution in [1.29, 1.82) is 0 Å². The summed E-state index contributed by atoms with van der Waals surface area (Å²) in [6, 6.07) is 10.4. The molecule has 1 heterocycles. The fraction of sp³-hybridized carbons (Fsp3) is 0.125. The number of benzene rings is 2. The molecule has 0 saturated heterocycles. The van der Waals surface area contributed by atoms with E-state index < -0.39 is 23.3 Å². The lowest BCUT2D eigenvalue weighted by Gasteiger charge is -2.13. The van der Waals surface area contributed by atoms with Crippen molar-refractivity contribution in [3.63, 3.8) is 0 Å². The number of hydrogen-bond acceptors (Lipinski definition) is 4. The summed E-state index contributed by atoms with van der Waals surface area (Å²) in [4.78, 5) is 6.82. The van der Waals surface area contributed by atoms with Crippen molar-refractivity contribution in [3.8, 4) is 5.75 Å². The molecule has 0 aliphatic rings. The summed E-state index contributed by atoms with van der Waals surface area (Å²) in [7, 11) is 1.47. The van der Waals surface area contributed by atoms with E-state index in [1.54, 1.807) is 24.3 Å². The number of para-hydroxylation sites is 1. The van der Waals surface area contributed by atoms with E-state index in [1.165, 1.54) is 19.2 Å². The highest BCUT2D eigenvalue weighted by atomic mass is 19.4. The fourth-order valence-electron chi connectivity index (χ4n) is 2.18. The number of anilines is 2. The SMILES string of the molecule is COc1cccc(Nc2nc(C(F)(F)F)nc3c(F)cccc23)c1. The molecule has 8 heteroatoms. The van der Waals surface area contributed by atoms with Crippen LogP contribution in [0.1, 0.15) is 5.82 Å². The highest BCUT2D eigenvalue weighted by molar-refractivity contribution is 5.91. The van der Waals surface area contributed by atoms with Crippen LogP contribution in [0.15, 0.2) is 42.5 Å². The molecule has 0 radical (unpaired) electrons. The first-order chi connectivity index (χ1) is 11.4. The molecule has 0 spiro atoms. The Bertz CT molecular complexity index is 896. The molecule has 0 amide bonds. The number of aromatic nitrogens is 2. The molecule has 3 aromatic rings. The summed E-state index contributed by atoms with van der Waals surface area (Å²) in [5, 5.41) is 2.91. The van der Waals surface area contributed by atoms with Crippen molar-refractivity contribution in [1.82, 2.24) is 9.97 Å². The van der Waals surface area contributed by atoms with E-state index in [1.807, 2.05) is 0 Å². The summed E-state index contributed by atoms with van der Waals surface area (Å²) in [5.41, 5.74) is 0.0527. The minimum atomic E-state index is -4.79. The Labute approximate surface area is 134 Å². The lowest BCUT2D eigenvalue weighted by Crippen LogP contribution is -2.13. The first-order valence-electron chi connectivity index (χ1n) is 6.83. The maximum absolute atomic E-state index is 13.9. The molecular formula is C16H11F4N3O. The molecule has 0 fully saturated rings. The van der Waals surface area contributed by atoms with Crippen molar-refractivity contribution in [2.75, 3.05) is 12.4 Å². The van der Waals surface area contributed by atoms with Crippen molar-refractivity contribution in [2.45, 2.75) is 6.18 Å². The van der Waals surface area contributed by atoms with E-state index >= 15 is 0 Å². The van der Waals surface area contributed by atoms with Crippen LogP contribution in [0.4, 0.5) is 29.1 Å². The molecule has 124 valence electrons. The molecule has 0 saturated carbocycles. The van der Waals surface area contributed by atoms with E-state index in [4.69, 9.17) is 4.74 Å². The van der Waals surface area contributed by atoms with E-state index in [9.17, 15) is 17.6 Å². The van der Waals surface area contributed by atoms with Crippen LogP contribution in [0, 0.1) is 5.82 Å². The van der Waals surface area contributed by atoms with Crippen LogP contribution >= 0.6 is 0 Å². The highest BCUT2D eigenvalue weighted by Crippen LogP contribution is 2.32. The zero-order chi connectivity index (χ0) is 17.3. The normalized spacial score (nSPS) is 11.5. The minimum absolute atomic E-state index is 0.139. The Hall–Kier alpha value is -2.90. The summed E-state index contributed by atoms with van der Waals surface area (Å²) in [5.74, 6) is -1.89. The molecule has 1 N–H and O–H groups in total. The molecular weight excluding hydrogens is 326 g/mol. The Morgan fingerprint density at radius 2 is 1.79 bits per heavy atom. The second kappa shape index (κ2) is 5.95. The van der Waals surface area contributed by atoms with Crippen molar-refractivity contribution in [2.24, 2.45) is 0 Å². The van der Waals surface area contributed by atoms with Crippen molar-refractivity contribution >= 4 is 22.4 Å². The van der Waals surface area contributed by atoms with Crippen LogP contribution in [-0.4, -0.2) is 17.1 Å². The van der Waals surface area contributed by atoms with Crippen LogP contribution in [0.5, 0.6) is 5.75 Å². The zero-order valence-corrected chi connectivity index (χ0v) is 12.4. The first-order valence-corrected chi connectivity index (χ1v) is 6.83. The van der Waals surface area contributed by atoms with Crippen molar-refractivity contribution in [3.05, 3.63) is 54.1 Å². The molecule has 0 bridgehead atoms. The van der Waals surface area contributed by atoms with Crippen LogP contribution in [0.2, 0.25) is 0 Å². The van der Waals surface area contributed by atoms with Gasteiger partial charge in [0.25, 0.3) is 0 Å². The predicted molar refractivity (Wildman–Crippen MR) is 80.8 cm³/mol. The van der Waals surface area contributed by atoms with Gasteiger partial charge in [-0.15, -0.1) is 0 Å². The zero-order valence-electron chi connectivity index (χ0n) is 12.4. The molecule has 0 aliphatic carbocycles. The van der Waals surface area contributed by atoms with Crippen LogP contribution in [0.3, 0.4) is 0 Å².